The van der Waals surface area contributed by atoms with Crippen molar-refractivity contribution in [2.45, 2.75) is 43.2 Å². The molecular weight excluding hydrogens is 342 g/mol. The molecule has 0 amide bonds. The van der Waals surface area contributed by atoms with Gasteiger partial charge < -0.3 is 5.11 Å². The molecule has 0 unspecified atom stereocenters. The maximum Gasteiger partial charge on any atom is 0.317 e. The highest BCUT2D eigenvalue weighted by molar-refractivity contribution is 7.89. The average Bonchev–Trinajstić information content (AvgIpc) is 2.48. The number of benzene rings is 1. The maximum absolute atomic E-state index is 12.5. The summed E-state index contributed by atoms with van der Waals surface area (Å²) in [5, 5.41) is 8.84. The molecule has 2 N–H and O–H groups in total. The van der Waals surface area contributed by atoms with Crippen LogP contribution >= 0.6 is 0 Å². The first kappa shape index (κ1) is 18.8. The number of rotatable bonds is 8. The zero-order chi connectivity index (χ0) is 17.9. The molecule has 24 heavy (non-hydrogen) atoms. The van der Waals surface area contributed by atoms with E-state index in [1.165, 1.54) is 0 Å². The van der Waals surface area contributed by atoms with Crippen LogP contribution in [-0.2, 0) is 14.8 Å². The number of carbonyl (C=O) groups is 1. The molecule has 1 fully saturated rings. The van der Waals surface area contributed by atoms with E-state index in [1.807, 2.05) is 6.92 Å². The minimum absolute atomic E-state index is 0.0278. The molecule has 0 atom stereocenters. The Labute approximate surface area is 139 Å². The van der Waals surface area contributed by atoms with Gasteiger partial charge in [-0.2, -0.15) is 0 Å². The molecule has 1 aliphatic carbocycles. The molecule has 1 aromatic rings. The second kappa shape index (κ2) is 7.54. The van der Waals surface area contributed by atoms with Crippen molar-refractivity contribution in [2.75, 3.05) is 13.1 Å². The van der Waals surface area contributed by atoms with Crippen LogP contribution < -0.4 is 4.72 Å². The van der Waals surface area contributed by atoms with Crippen molar-refractivity contribution in [2.24, 2.45) is 0 Å². The number of aliphatic carboxylic acids is 1. The Morgan fingerprint density at radius 1 is 1.33 bits per heavy atom. The monoisotopic (exact) mass is 362 g/mol. The summed E-state index contributed by atoms with van der Waals surface area (Å²) in [5.74, 6) is -0.917. The van der Waals surface area contributed by atoms with E-state index < -0.39 is 22.4 Å². The van der Waals surface area contributed by atoms with Crippen LogP contribution in [0.4, 0.5) is 8.78 Å². The van der Waals surface area contributed by atoms with Crippen LogP contribution in [0.2, 0.25) is 0 Å². The molecule has 1 aromatic carbocycles. The smallest absolute Gasteiger partial charge is 0.317 e. The van der Waals surface area contributed by atoms with E-state index in [4.69, 9.17) is 5.11 Å². The minimum atomic E-state index is -3.77. The number of hydrogen-bond acceptors (Lipinski definition) is 4. The molecule has 9 heteroatoms. The molecule has 0 radical (unpaired) electrons. The van der Waals surface area contributed by atoms with Crippen LogP contribution in [0, 0.1) is 0 Å². The standard InChI is InChI=1S/C15H20F2N2O4S/c1-2-19(9-14(20)21)12-7-11(8-12)18-24(22,23)13-5-3-10(4-6-13)15(16)17/h3-6,11-12,15,18H,2,7-9H2,1H3,(H,20,21). The fraction of sp³-hybridized carbons (Fsp3) is 0.533. The van der Waals surface area contributed by atoms with Crippen molar-refractivity contribution in [3.05, 3.63) is 29.8 Å². The van der Waals surface area contributed by atoms with Gasteiger partial charge in [-0.1, -0.05) is 19.1 Å². The van der Waals surface area contributed by atoms with Gasteiger partial charge in [0.2, 0.25) is 10.0 Å². The number of carboxylic acid groups (broad SMARTS) is 1. The number of hydrogen-bond donors (Lipinski definition) is 2. The van der Waals surface area contributed by atoms with E-state index in [0.717, 1.165) is 24.3 Å². The SMILES string of the molecule is CCN(CC(=O)O)C1CC(NS(=O)(=O)c2ccc(C(F)F)cc2)C1. The number of alkyl halides is 2. The van der Waals surface area contributed by atoms with Gasteiger partial charge in [-0.3, -0.25) is 9.69 Å². The fourth-order valence-corrected chi connectivity index (χ4v) is 4.00. The quantitative estimate of drug-likeness (QED) is 0.737. The molecule has 134 valence electrons. The summed E-state index contributed by atoms with van der Waals surface area (Å²) in [6, 6.07) is 4.24. The molecule has 0 aromatic heterocycles. The van der Waals surface area contributed by atoms with E-state index in [2.05, 4.69) is 4.72 Å². The number of halogens is 2. The summed E-state index contributed by atoms with van der Waals surface area (Å²) in [6.07, 6.45) is -1.60. The third kappa shape index (κ3) is 4.49. The Balaban J connectivity index is 1.93. The summed E-state index contributed by atoms with van der Waals surface area (Å²) in [6.45, 7) is 2.35. The third-order valence-corrected chi connectivity index (χ3v) is 5.67. The molecule has 0 aliphatic heterocycles. The second-order valence-corrected chi connectivity index (χ2v) is 7.48. The van der Waals surface area contributed by atoms with Gasteiger partial charge >= 0.3 is 5.97 Å². The van der Waals surface area contributed by atoms with Crippen LogP contribution in [0.3, 0.4) is 0 Å². The van der Waals surface area contributed by atoms with Crippen LogP contribution in [0.25, 0.3) is 0 Å². The van der Waals surface area contributed by atoms with Crippen molar-refractivity contribution in [3.8, 4) is 0 Å². The first-order chi connectivity index (χ1) is 11.2. The topological polar surface area (TPSA) is 86.7 Å². The van der Waals surface area contributed by atoms with Crippen LogP contribution in [0.1, 0.15) is 31.8 Å². The lowest BCUT2D eigenvalue weighted by atomic mass is 9.86. The molecule has 0 spiro atoms. The number of nitrogens with zero attached hydrogens (tertiary/aromatic N) is 1. The number of likely N-dealkylation sites (N-methyl/N-ethyl adjacent to an activating group) is 1. The lowest BCUT2D eigenvalue weighted by Gasteiger charge is -2.42. The Kier molecular flexibility index (Phi) is 5.89. The van der Waals surface area contributed by atoms with Crippen LogP contribution in [0.5, 0.6) is 0 Å². The molecule has 0 saturated heterocycles. The molecular formula is C15H20F2N2O4S. The normalized spacial score (nSPS) is 21.0. The van der Waals surface area contributed by atoms with Gasteiger partial charge in [0.25, 0.3) is 6.43 Å². The predicted molar refractivity (Wildman–Crippen MR) is 83.4 cm³/mol. The Hall–Kier alpha value is -1.58. The largest absolute Gasteiger partial charge is 0.480 e. The third-order valence-electron chi connectivity index (χ3n) is 4.14. The summed E-state index contributed by atoms with van der Waals surface area (Å²) in [5.41, 5.74) is -0.232. The molecule has 2 rings (SSSR count). The highest BCUT2D eigenvalue weighted by atomic mass is 32.2. The summed E-state index contributed by atoms with van der Waals surface area (Å²) < 4.78 is 52.0. The molecule has 0 heterocycles. The summed E-state index contributed by atoms with van der Waals surface area (Å²) in [4.78, 5) is 12.5. The van der Waals surface area contributed by atoms with Crippen molar-refractivity contribution < 1.29 is 27.1 Å². The molecule has 1 saturated carbocycles. The minimum Gasteiger partial charge on any atom is -0.480 e. The van der Waals surface area contributed by atoms with Crippen molar-refractivity contribution in [3.63, 3.8) is 0 Å². The first-order valence-corrected chi connectivity index (χ1v) is 9.07. The predicted octanol–water partition coefficient (Wildman–Crippen LogP) is 1.84. The Morgan fingerprint density at radius 2 is 1.92 bits per heavy atom. The highest BCUT2D eigenvalue weighted by Crippen LogP contribution is 2.27. The first-order valence-electron chi connectivity index (χ1n) is 7.59. The van der Waals surface area contributed by atoms with Gasteiger partial charge in [0.05, 0.1) is 11.4 Å². The van der Waals surface area contributed by atoms with Crippen LogP contribution in [-0.4, -0.2) is 49.6 Å². The zero-order valence-corrected chi connectivity index (χ0v) is 14.0. The number of sulfonamides is 1. The highest BCUT2D eigenvalue weighted by Gasteiger charge is 2.36. The van der Waals surface area contributed by atoms with E-state index >= 15 is 0 Å². The van der Waals surface area contributed by atoms with Gasteiger partial charge in [-0.25, -0.2) is 21.9 Å². The van der Waals surface area contributed by atoms with Gasteiger partial charge in [-0.05, 0) is 31.5 Å². The Bertz CT molecular complexity index is 673. The lowest BCUT2D eigenvalue weighted by Crippen LogP contribution is -2.54. The van der Waals surface area contributed by atoms with Crippen LogP contribution in [0.15, 0.2) is 29.2 Å². The van der Waals surface area contributed by atoms with Gasteiger partial charge in [-0.15, -0.1) is 0 Å². The van der Waals surface area contributed by atoms with Crippen molar-refractivity contribution in [1.82, 2.24) is 9.62 Å². The summed E-state index contributed by atoms with van der Waals surface area (Å²) >= 11 is 0. The fourth-order valence-electron chi connectivity index (χ4n) is 2.73. The molecule has 1 aliphatic rings. The summed E-state index contributed by atoms with van der Waals surface area (Å²) in [7, 11) is -3.77. The molecule has 0 bridgehead atoms. The van der Waals surface area contributed by atoms with Gasteiger partial charge in [0.1, 0.15) is 0 Å². The number of nitrogens with one attached hydrogen (secondary N) is 1. The second-order valence-electron chi connectivity index (χ2n) is 5.77. The Morgan fingerprint density at radius 3 is 2.38 bits per heavy atom. The number of carboxylic acids is 1. The lowest BCUT2D eigenvalue weighted by molar-refractivity contribution is -0.139. The maximum atomic E-state index is 12.5. The van der Waals surface area contributed by atoms with E-state index in [9.17, 15) is 22.0 Å². The van der Waals surface area contributed by atoms with E-state index in [0.29, 0.717) is 19.4 Å². The van der Waals surface area contributed by atoms with Gasteiger partial charge in [0, 0.05) is 17.6 Å². The van der Waals surface area contributed by atoms with E-state index in [-0.39, 0.29) is 29.1 Å². The van der Waals surface area contributed by atoms with Crippen molar-refractivity contribution in [1.29, 1.82) is 0 Å². The van der Waals surface area contributed by atoms with Crippen molar-refractivity contribution >= 4 is 16.0 Å². The average molecular weight is 362 g/mol. The van der Waals surface area contributed by atoms with E-state index in [1.54, 1.807) is 4.90 Å². The van der Waals surface area contributed by atoms with Gasteiger partial charge in [0.15, 0.2) is 0 Å². The molecule has 6 nitrogen and oxygen atoms in total. The zero-order valence-electron chi connectivity index (χ0n) is 13.2.